The van der Waals surface area contributed by atoms with Gasteiger partial charge in [-0.05, 0) is 68.1 Å². The molecule has 1 aromatic heterocycles. The van der Waals surface area contributed by atoms with E-state index in [0.29, 0.717) is 5.92 Å². The molecule has 0 amide bonds. The van der Waals surface area contributed by atoms with Crippen LogP contribution in [0.25, 0.3) is 16.7 Å². The number of rotatable bonds is 2. The minimum absolute atomic E-state index is 0.597. The lowest BCUT2D eigenvalue weighted by atomic mass is 10.1. The number of hydrogen-bond donors (Lipinski definition) is 1. The van der Waals surface area contributed by atoms with E-state index in [-0.39, 0.29) is 0 Å². The standard InChI is InChI=1S/C18H19N3/c1-11-7-12(2)9-15(8-11)21-17-6-5-14(19)10-16(17)20-18(21)13-3-4-13/h5-10,13H,3-4,19H2,1-2H3. The topological polar surface area (TPSA) is 43.8 Å². The molecule has 0 aliphatic heterocycles. The monoisotopic (exact) mass is 277 g/mol. The molecule has 3 nitrogen and oxygen atoms in total. The SMILES string of the molecule is Cc1cc(C)cc(-n2c(C3CC3)nc3cc(N)ccc32)c1. The number of aromatic nitrogens is 2. The molecular formula is C18H19N3. The van der Waals surface area contributed by atoms with Crippen LogP contribution in [0.2, 0.25) is 0 Å². The second kappa shape index (κ2) is 4.35. The van der Waals surface area contributed by atoms with Crippen LogP contribution in [0, 0.1) is 13.8 Å². The number of nitrogens with two attached hydrogens (primary N) is 1. The first kappa shape index (κ1) is 12.5. The fourth-order valence-corrected chi connectivity index (χ4v) is 3.08. The molecule has 1 aliphatic rings. The minimum Gasteiger partial charge on any atom is -0.399 e. The third-order valence-electron chi connectivity index (χ3n) is 4.11. The largest absolute Gasteiger partial charge is 0.399 e. The predicted octanol–water partition coefficient (Wildman–Crippen LogP) is 4.10. The molecule has 1 aliphatic carbocycles. The number of anilines is 1. The summed E-state index contributed by atoms with van der Waals surface area (Å²) >= 11 is 0. The van der Waals surface area contributed by atoms with Crippen molar-refractivity contribution in [1.29, 1.82) is 0 Å². The van der Waals surface area contributed by atoms with Crippen molar-refractivity contribution in [3.63, 3.8) is 0 Å². The minimum atomic E-state index is 0.597. The maximum absolute atomic E-state index is 5.91. The number of hydrogen-bond acceptors (Lipinski definition) is 2. The van der Waals surface area contributed by atoms with Crippen molar-refractivity contribution in [1.82, 2.24) is 9.55 Å². The smallest absolute Gasteiger partial charge is 0.117 e. The molecule has 2 aromatic carbocycles. The van der Waals surface area contributed by atoms with Crippen molar-refractivity contribution in [2.75, 3.05) is 5.73 Å². The normalized spacial score (nSPS) is 14.8. The molecule has 21 heavy (non-hydrogen) atoms. The third kappa shape index (κ3) is 2.09. The molecule has 1 heterocycles. The van der Waals surface area contributed by atoms with E-state index in [1.807, 2.05) is 12.1 Å². The van der Waals surface area contributed by atoms with E-state index in [4.69, 9.17) is 10.7 Å². The summed E-state index contributed by atoms with van der Waals surface area (Å²) < 4.78 is 2.31. The summed E-state index contributed by atoms with van der Waals surface area (Å²) in [6.07, 6.45) is 2.48. The summed E-state index contributed by atoms with van der Waals surface area (Å²) in [5, 5.41) is 0. The van der Waals surface area contributed by atoms with Crippen molar-refractivity contribution in [3.05, 3.63) is 53.3 Å². The van der Waals surface area contributed by atoms with Crippen molar-refractivity contribution >= 4 is 16.7 Å². The lowest BCUT2D eigenvalue weighted by Crippen LogP contribution is -2.01. The van der Waals surface area contributed by atoms with E-state index in [0.717, 1.165) is 16.7 Å². The van der Waals surface area contributed by atoms with Crippen molar-refractivity contribution in [2.24, 2.45) is 0 Å². The molecule has 3 aromatic rings. The third-order valence-corrected chi connectivity index (χ3v) is 4.11. The highest BCUT2D eigenvalue weighted by atomic mass is 15.1. The first-order valence-corrected chi connectivity index (χ1v) is 7.48. The zero-order valence-corrected chi connectivity index (χ0v) is 12.4. The Morgan fingerprint density at radius 3 is 2.43 bits per heavy atom. The van der Waals surface area contributed by atoms with Gasteiger partial charge in [0, 0.05) is 17.3 Å². The first-order chi connectivity index (χ1) is 10.1. The van der Waals surface area contributed by atoms with Gasteiger partial charge in [-0.25, -0.2) is 4.98 Å². The average molecular weight is 277 g/mol. The summed E-state index contributed by atoms with van der Waals surface area (Å²) in [7, 11) is 0. The van der Waals surface area contributed by atoms with Crippen LogP contribution in [-0.4, -0.2) is 9.55 Å². The molecule has 0 radical (unpaired) electrons. The number of nitrogens with zero attached hydrogens (tertiary/aromatic N) is 2. The summed E-state index contributed by atoms with van der Waals surface area (Å²) in [6, 6.07) is 12.7. The molecule has 0 unspecified atom stereocenters. The van der Waals surface area contributed by atoms with E-state index >= 15 is 0 Å². The van der Waals surface area contributed by atoms with Gasteiger partial charge in [-0.2, -0.15) is 0 Å². The Bertz CT molecular complexity index is 821. The van der Waals surface area contributed by atoms with Gasteiger partial charge in [0.1, 0.15) is 5.82 Å². The average Bonchev–Trinajstić information content (AvgIpc) is 3.18. The predicted molar refractivity (Wildman–Crippen MR) is 86.9 cm³/mol. The molecule has 0 bridgehead atoms. The molecule has 1 saturated carbocycles. The quantitative estimate of drug-likeness (QED) is 0.717. The van der Waals surface area contributed by atoms with Crippen LogP contribution in [0.4, 0.5) is 5.69 Å². The van der Waals surface area contributed by atoms with Crippen LogP contribution in [0.1, 0.15) is 35.7 Å². The van der Waals surface area contributed by atoms with Gasteiger partial charge in [-0.1, -0.05) is 6.07 Å². The molecule has 0 saturated heterocycles. The lowest BCUT2D eigenvalue weighted by Gasteiger charge is -2.11. The summed E-state index contributed by atoms with van der Waals surface area (Å²) in [6.45, 7) is 4.29. The van der Waals surface area contributed by atoms with Gasteiger partial charge in [-0.15, -0.1) is 0 Å². The Morgan fingerprint density at radius 1 is 1.05 bits per heavy atom. The molecule has 3 heteroatoms. The maximum Gasteiger partial charge on any atom is 0.117 e. The zero-order chi connectivity index (χ0) is 14.6. The highest BCUT2D eigenvalue weighted by Crippen LogP contribution is 2.42. The number of benzene rings is 2. The number of nitrogen functional groups attached to an aromatic ring is 1. The van der Waals surface area contributed by atoms with Gasteiger partial charge < -0.3 is 5.73 Å². The van der Waals surface area contributed by atoms with Crippen molar-refractivity contribution in [2.45, 2.75) is 32.6 Å². The van der Waals surface area contributed by atoms with E-state index < -0.39 is 0 Å². The Kier molecular flexibility index (Phi) is 2.58. The van der Waals surface area contributed by atoms with Gasteiger partial charge in [0.15, 0.2) is 0 Å². The second-order valence-electron chi connectivity index (χ2n) is 6.17. The summed E-state index contributed by atoms with van der Waals surface area (Å²) in [4.78, 5) is 4.85. The fourth-order valence-electron chi connectivity index (χ4n) is 3.08. The second-order valence-corrected chi connectivity index (χ2v) is 6.17. The van der Waals surface area contributed by atoms with Gasteiger partial charge >= 0.3 is 0 Å². The van der Waals surface area contributed by atoms with E-state index in [9.17, 15) is 0 Å². The Balaban J connectivity index is 2.03. The molecule has 4 rings (SSSR count). The zero-order valence-electron chi connectivity index (χ0n) is 12.4. The molecule has 0 atom stereocenters. The van der Waals surface area contributed by atoms with Crippen LogP contribution in [-0.2, 0) is 0 Å². The van der Waals surface area contributed by atoms with Crippen LogP contribution in [0.3, 0.4) is 0 Å². The Morgan fingerprint density at radius 2 is 1.76 bits per heavy atom. The molecule has 0 spiro atoms. The van der Waals surface area contributed by atoms with E-state index in [1.54, 1.807) is 0 Å². The number of imidazole rings is 1. The Labute approximate surface area is 124 Å². The van der Waals surface area contributed by atoms with E-state index in [2.05, 4.69) is 42.7 Å². The van der Waals surface area contributed by atoms with E-state index in [1.165, 1.54) is 35.5 Å². The lowest BCUT2D eigenvalue weighted by molar-refractivity contribution is 0.895. The number of aryl methyl sites for hydroxylation is 2. The highest BCUT2D eigenvalue weighted by molar-refractivity contribution is 5.82. The maximum atomic E-state index is 5.91. The molecule has 2 N–H and O–H groups in total. The van der Waals surface area contributed by atoms with Crippen LogP contribution < -0.4 is 5.73 Å². The van der Waals surface area contributed by atoms with Crippen LogP contribution in [0.15, 0.2) is 36.4 Å². The fraction of sp³-hybridized carbons (Fsp3) is 0.278. The summed E-state index contributed by atoms with van der Waals surface area (Å²) in [5.74, 6) is 1.78. The summed E-state index contributed by atoms with van der Waals surface area (Å²) in [5.41, 5.74) is 12.6. The van der Waals surface area contributed by atoms with Crippen molar-refractivity contribution < 1.29 is 0 Å². The number of fused-ring (bicyclic) bond motifs is 1. The van der Waals surface area contributed by atoms with Crippen LogP contribution in [0.5, 0.6) is 0 Å². The Hall–Kier alpha value is -2.29. The molecular weight excluding hydrogens is 258 g/mol. The van der Waals surface area contributed by atoms with Gasteiger partial charge in [0.25, 0.3) is 0 Å². The van der Waals surface area contributed by atoms with Gasteiger partial charge in [0.05, 0.1) is 11.0 Å². The highest BCUT2D eigenvalue weighted by Gasteiger charge is 2.30. The van der Waals surface area contributed by atoms with Crippen LogP contribution >= 0.6 is 0 Å². The first-order valence-electron chi connectivity index (χ1n) is 7.48. The van der Waals surface area contributed by atoms with Gasteiger partial charge in [0.2, 0.25) is 0 Å². The van der Waals surface area contributed by atoms with Crippen molar-refractivity contribution in [3.8, 4) is 5.69 Å². The molecule has 106 valence electrons. The van der Waals surface area contributed by atoms with Gasteiger partial charge in [-0.3, -0.25) is 4.57 Å². The molecule has 1 fully saturated rings.